The van der Waals surface area contributed by atoms with Crippen molar-refractivity contribution in [3.63, 3.8) is 0 Å². The summed E-state index contributed by atoms with van der Waals surface area (Å²) in [5, 5.41) is 9.68. The summed E-state index contributed by atoms with van der Waals surface area (Å²) in [4.78, 5) is 8.31. The van der Waals surface area contributed by atoms with E-state index >= 15 is 0 Å². The first-order chi connectivity index (χ1) is 6.20. The van der Waals surface area contributed by atoms with Crippen molar-refractivity contribution >= 4 is 11.0 Å². The Balaban J connectivity index is 2.94. The van der Waals surface area contributed by atoms with E-state index in [0.29, 0.717) is 5.52 Å². The van der Waals surface area contributed by atoms with E-state index in [2.05, 4.69) is 9.97 Å². The van der Waals surface area contributed by atoms with Gasteiger partial charge in [-0.15, -0.1) is 0 Å². The molecule has 0 aliphatic carbocycles. The van der Waals surface area contributed by atoms with E-state index in [-0.39, 0.29) is 5.75 Å². The molecule has 0 spiro atoms. The number of rotatable bonds is 0. The van der Waals surface area contributed by atoms with E-state index in [1.807, 2.05) is 19.9 Å². The molecule has 2 heterocycles. The molecule has 0 aliphatic rings. The molecule has 1 N–H and O–H groups in total. The highest BCUT2D eigenvalue weighted by atomic mass is 16.3. The third kappa shape index (κ3) is 1.13. The molecule has 0 aliphatic heterocycles. The van der Waals surface area contributed by atoms with E-state index in [1.165, 1.54) is 0 Å². The maximum atomic E-state index is 9.68. The SMILES string of the molecule is Cc1cnc2c(C)ccnc2c1O. The van der Waals surface area contributed by atoms with Crippen LogP contribution in [0.15, 0.2) is 18.5 Å². The van der Waals surface area contributed by atoms with E-state index in [1.54, 1.807) is 12.4 Å². The van der Waals surface area contributed by atoms with Crippen LogP contribution in [-0.4, -0.2) is 15.1 Å². The number of nitrogens with zero attached hydrogens (tertiary/aromatic N) is 2. The molecule has 0 aromatic carbocycles. The van der Waals surface area contributed by atoms with Gasteiger partial charge in [0, 0.05) is 18.0 Å². The lowest BCUT2D eigenvalue weighted by Crippen LogP contribution is -1.88. The van der Waals surface area contributed by atoms with Gasteiger partial charge in [-0.3, -0.25) is 9.97 Å². The summed E-state index contributed by atoms with van der Waals surface area (Å²) in [5.74, 6) is 0.230. The second-order valence-corrected chi connectivity index (χ2v) is 3.11. The molecule has 0 unspecified atom stereocenters. The van der Waals surface area contributed by atoms with E-state index in [4.69, 9.17) is 0 Å². The Bertz CT molecular complexity index is 466. The minimum Gasteiger partial charge on any atom is -0.505 e. The number of aromatic hydroxyl groups is 1. The highest BCUT2D eigenvalue weighted by molar-refractivity contribution is 5.83. The number of hydrogen-bond acceptors (Lipinski definition) is 3. The van der Waals surface area contributed by atoms with Crippen LogP contribution in [0.4, 0.5) is 0 Å². The summed E-state index contributed by atoms with van der Waals surface area (Å²) < 4.78 is 0. The number of fused-ring (bicyclic) bond motifs is 1. The van der Waals surface area contributed by atoms with E-state index in [9.17, 15) is 5.11 Å². The summed E-state index contributed by atoms with van der Waals surface area (Å²) in [7, 11) is 0. The van der Waals surface area contributed by atoms with Crippen LogP contribution in [0.3, 0.4) is 0 Å². The Kier molecular flexibility index (Phi) is 1.65. The van der Waals surface area contributed by atoms with Gasteiger partial charge >= 0.3 is 0 Å². The maximum Gasteiger partial charge on any atom is 0.147 e. The quantitative estimate of drug-likeness (QED) is 0.664. The van der Waals surface area contributed by atoms with Gasteiger partial charge in [-0.2, -0.15) is 0 Å². The Morgan fingerprint density at radius 2 is 1.85 bits per heavy atom. The molecule has 2 aromatic rings. The standard InChI is InChI=1S/C10H10N2O/c1-6-3-4-11-9-8(6)12-5-7(2)10(9)13/h3-5H,1-2H3,(H,12,13). The van der Waals surface area contributed by atoms with Gasteiger partial charge in [0.25, 0.3) is 0 Å². The predicted molar refractivity (Wildman–Crippen MR) is 50.7 cm³/mol. The summed E-state index contributed by atoms with van der Waals surface area (Å²) in [6.07, 6.45) is 3.34. The smallest absolute Gasteiger partial charge is 0.147 e. The van der Waals surface area contributed by atoms with Crippen molar-refractivity contribution in [2.24, 2.45) is 0 Å². The minimum absolute atomic E-state index is 0.230. The first-order valence-electron chi connectivity index (χ1n) is 4.10. The molecule has 0 radical (unpaired) electrons. The third-order valence-electron chi connectivity index (χ3n) is 2.11. The Morgan fingerprint density at radius 3 is 2.62 bits per heavy atom. The number of aromatic nitrogens is 2. The van der Waals surface area contributed by atoms with E-state index < -0.39 is 0 Å². The van der Waals surface area contributed by atoms with Crippen LogP contribution in [0.1, 0.15) is 11.1 Å². The van der Waals surface area contributed by atoms with Crippen LogP contribution in [0.25, 0.3) is 11.0 Å². The Morgan fingerprint density at radius 1 is 1.08 bits per heavy atom. The van der Waals surface area contributed by atoms with Gasteiger partial charge < -0.3 is 5.11 Å². The van der Waals surface area contributed by atoms with Crippen LogP contribution >= 0.6 is 0 Å². The summed E-state index contributed by atoms with van der Waals surface area (Å²) >= 11 is 0. The second kappa shape index (κ2) is 2.69. The van der Waals surface area contributed by atoms with Gasteiger partial charge in [-0.1, -0.05) is 0 Å². The van der Waals surface area contributed by atoms with Crippen molar-refractivity contribution in [1.82, 2.24) is 9.97 Å². The lowest BCUT2D eigenvalue weighted by Gasteiger charge is -2.03. The molecule has 0 amide bonds. The molecular formula is C10H10N2O. The van der Waals surface area contributed by atoms with Crippen LogP contribution < -0.4 is 0 Å². The van der Waals surface area contributed by atoms with Crippen LogP contribution in [-0.2, 0) is 0 Å². The molecule has 13 heavy (non-hydrogen) atoms. The number of hydrogen-bond donors (Lipinski definition) is 1. The number of pyridine rings is 2. The topological polar surface area (TPSA) is 46.0 Å². The average Bonchev–Trinajstić information content (AvgIpc) is 2.12. The minimum atomic E-state index is 0.230. The zero-order valence-corrected chi connectivity index (χ0v) is 7.57. The molecule has 0 bridgehead atoms. The molecule has 66 valence electrons. The molecule has 0 atom stereocenters. The second-order valence-electron chi connectivity index (χ2n) is 3.11. The largest absolute Gasteiger partial charge is 0.505 e. The van der Waals surface area contributed by atoms with Crippen molar-refractivity contribution in [3.05, 3.63) is 29.6 Å². The molecule has 3 heteroatoms. The summed E-state index contributed by atoms with van der Waals surface area (Å²) in [6.45, 7) is 3.76. The number of aryl methyl sites for hydroxylation is 2. The van der Waals surface area contributed by atoms with Gasteiger partial charge in [0.15, 0.2) is 0 Å². The zero-order valence-electron chi connectivity index (χ0n) is 7.57. The van der Waals surface area contributed by atoms with Gasteiger partial charge in [0.2, 0.25) is 0 Å². The highest BCUT2D eigenvalue weighted by Crippen LogP contribution is 2.25. The molecule has 0 fully saturated rings. The summed E-state index contributed by atoms with van der Waals surface area (Å²) in [5.41, 5.74) is 3.14. The summed E-state index contributed by atoms with van der Waals surface area (Å²) in [6, 6.07) is 1.88. The maximum absolute atomic E-state index is 9.68. The Hall–Kier alpha value is -1.64. The molecule has 0 saturated carbocycles. The van der Waals surface area contributed by atoms with Crippen molar-refractivity contribution in [2.45, 2.75) is 13.8 Å². The third-order valence-corrected chi connectivity index (χ3v) is 2.11. The van der Waals surface area contributed by atoms with Gasteiger partial charge in [-0.25, -0.2) is 0 Å². The first-order valence-corrected chi connectivity index (χ1v) is 4.10. The van der Waals surface area contributed by atoms with Crippen LogP contribution in [0, 0.1) is 13.8 Å². The van der Waals surface area contributed by atoms with Gasteiger partial charge in [-0.05, 0) is 25.5 Å². The Labute approximate surface area is 76.1 Å². The van der Waals surface area contributed by atoms with Crippen molar-refractivity contribution in [2.75, 3.05) is 0 Å². The van der Waals surface area contributed by atoms with Gasteiger partial charge in [0.1, 0.15) is 11.3 Å². The van der Waals surface area contributed by atoms with Crippen molar-refractivity contribution in [3.8, 4) is 5.75 Å². The molecule has 3 nitrogen and oxygen atoms in total. The lowest BCUT2D eigenvalue weighted by molar-refractivity contribution is 0.475. The van der Waals surface area contributed by atoms with E-state index in [0.717, 1.165) is 16.6 Å². The fraction of sp³-hybridized carbons (Fsp3) is 0.200. The fourth-order valence-electron chi connectivity index (χ4n) is 1.30. The molecular weight excluding hydrogens is 164 g/mol. The normalized spacial score (nSPS) is 10.6. The predicted octanol–water partition coefficient (Wildman–Crippen LogP) is 1.95. The monoisotopic (exact) mass is 174 g/mol. The van der Waals surface area contributed by atoms with Crippen LogP contribution in [0.5, 0.6) is 5.75 Å². The fourth-order valence-corrected chi connectivity index (χ4v) is 1.30. The average molecular weight is 174 g/mol. The molecule has 0 saturated heterocycles. The first kappa shape index (κ1) is 7.98. The highest BCUT2D eigenvalue weighted by Gasteiger charge is 2.06. The van der Waals surface area contributed by atoms with Crippen LogP contribution in [0.2, 0.25) is 0 Å². The lowest BCUT2D eigenvalue weighted by atomic mass is 10.2. The molecule has 2 aromatic heterocycles. The van der Waals surface area contributed by atoms with Gasteiger partial charge in [0.05, 0.1) is 5.52 Å². The van der Waals surface area contributed by atoms with Crippen molar-refractivity contribution in [1.29, 1.82) is 0 Å². The molecule has 2 rings (SSSR count). The zero-order chi connectivity index (χ0) is 9.42. The van der Waals surface area contributed by atoms with Crippen molar-refractivity contribution < 1.29 is 5.11 Å².